The number of nitrogens with one attached hydrogen (secondary N) is 2. The van der Waals surface area contributed by atoms with Gasteiger partial charge in [-0.2, -0.15) is 0 Å². The number of carbonyl (C=O) groups is 4. The van der Waals surface area contributed by atoms with Crippen LogP contribution in [0.5, 0.6) is 0 Å². The Labute approximate surface area is 398 Å². The van der Waals surface area contributed by atoms with Crippen LogP contribution in [0.3, 0.4) is 0 Å². The van der Waals surface area contributed by atoms with Gasteiger partial charge in [-0.1, -0.05) is 75.4 Å². The summed E-state index contributed by atoms with van der Waals surface area (Å²) in [4.78, 5) is 69.9. The van der Waals surface area contributed by atoms with Crippen LogP contribution in [0.25, 0.3) is 26.6 Å². The summed E-state index contributed by atoms with van der Waals surface area (Å²) in [6, 6.07) is 17.2. The maximum atomic E-state index is 16.1. The number of aromatic nitrogens is 4. The van der Waals surface area contributed by atoms with Gasteiger partial charge in [0.15, 0.2) is 5.82 Å². The van der Waals surface area contributed by atoms with Crippen molar-refractivity contribution in [3.63, 3.8) is 0 Å². The Morgan fingerprint density at radius 1 is 0.910 bits per heavy atom. The number of hydrogen-bond donors (Lipinski definition) is 2. The van der Waals surface area contributed by atoms with Crippen LogP contribution in [-0.2, 0) is 14.4 Å². The van der Waals surface area contributed by atoms with Crippen LogP contribution < -0.4 is 10.6 Å². The molecule has 348 valence electrons. The first kappa shape index (κ1) is 47.1. The Morgan fingerprint density at radius 3 is 2.24 bits per heavy atom. The highest BCUT2D eigenvalue weighted by Crippen LogP contribution is 2.40. The van der Waals surface area contributed by atoms with Gasteiger partial charge in [0.2, 0.25) is 17.7 Å². The second-order valence-electron chi connectivity index (χ2n) is 18.7. The monoisotopic (exact) mass is 941 g/mol. The molecule has 5 heterocycles. The van der Waals surface area contributed by atoms with Crippen molar-refractivity contribution in [3.05, 3.63) is 128 Å². The molecule has 2 N–H and O–H groups in total. The molecule has 13 nitrogen and oxygen atoms in total. The Hall–Kier alpha value is -6.39. The van der Waals surface area contributed by atoms with Gasteiger partial charge in [-0.25, -0.2) is 9.37 Å². The van der Waals surface area contributed by atoms with Gasteiger partial charge in [-0.3, -0.25) is 28.7 Å². The molecular weight excluding hydrogens is 886 g/mol. The lowest BCUT2D eigenvalue weighted by Crippen LogP contribution is -2.57. The number of fused-ring (bicyclic) bond motifs is 3. The molecule has 3 aromatic carbocycles. The lowest BCUT2D eigenvalue weighted by molar-refractivity contribution is -0.142. The summed E-state index contributed by atoms with van der Waals surface area (Å²) in [5, 5.41) is 15.8. The van der Waals surface area contributed by atoms with Gasteiger partial charge in [0, 0.05) is 47.8 Å². The van der Waals surface area contributed by atoms with Gasteiger partial charge >= 0.3 is 0 Å². The van der Waals surface area contributed by atoms with Crippen LogP contribution in [0.1, 0.15) is 114 Å². The third kappa shape index (κ3) is 9.33. The van der Waals surface area contributed by atoms with E-state index in [9.17, 15) is 19.2 Å². The summed E-state index contributed by atoms with van der Waals surface area (Å²) >= 11 is 3.21. The van der Waals surface area contributed by atoms with Crippen LogP contribution in [0.2, 0.25) is 0 Å². The number of nitrogens with zero attached hydrogens (tertiary/aromatic N) is 7. The highest BCUT2D eigenvalue weighted by atomic mass is 32.1. The first-order chi connectivity index (χ1) is 31.8. The van der Waals surface area contributed by atoms with Crippen molar-refractivity contribution in [1.82, 2.24) is 40.2 Å². The number of aryl methyl sites for hydroxylation is 3. The minimum absolute atomic E-state index is 0.0604. The van der Waals surface area contributed by atoms with E-state index in [-0.39, 0.29) is 35.7 Å². The van der Waals surface area contributed by atoms with Gasteiger partial charge in [0.1, 0.15) is 34.8 Å². The van der Waals surface area contributed by atoms with Crippen molar-refractivity contribution in [3.8, 4) is 26.6 Å². The predicted octanol–water partition coefficient (Wildman–Crippen LogP) is 8.88. The van der Waals surface area contributed by atoms with Gasteiger partial charge in [0.05, 0.1) is 34.3 Å². The quantitative estimate of drug-likeness (QED) is 0.132. The number of likely N-dealkylation sites (tertiary alicyclic amines) is 1. The number of benzene rings is 3. The van der Waals surface area contributed by atoms with E-state index in [2.05, 4.69) is 39.7 Å². The smallest absolute Gasteiger partial charge is 0.252 e. The maximum Gasteiger partial charge on any atom is 0.252 e. The van der Waals surface area contributed by atoms with Crippen molar-refractivity contribution < 1.29 is 23.6 Å². The van der Waals surface area contributed by atoms with Crippen LogP contribution in [0.4, 0.5) is 4.39 Å². The maximum absolute atomic E-state index is 16.1. The Balaban J connectivity index is 0.977. The molecule has 67 heavy (non-hydrogen) atoms. The van der Waals surface area contributed by atoms with Crippen molar-refractivity contribution in [2.24, 2.45) is 10.4 Å². The van der Waals surface area contributed by atoms with Gasteiger partial charge in [0.25, 0.3) is 5.91 Å². The van der Waals surface area contributed by atoms with E-state index in [1.807, 2.05) is 100 Å². The normalized spacial score (nSPS) is 16.6. The van der Waals surface area contributed by atoms with E-state index in [4.69, 9.17) is 4.99 Å². The molecule has 1 fully saturated rings. The number of amides is 4. The average molecular weight is 942 g/mol. The molecule has 2 aliphatic heterocycles. The summed E-state index contributed by atoms with van der Waals surface area (Å²) in [6.45, 7) is 15.8. The summed E-state index contributed by atoms with van der Waals surface area (Å²) < 4.78 is 18.1. The second kappa shape index (κ2) is 18.7. The zero-order valence-corrected chi connectivity index (χ0v) is 41.2. The predicted molar refractivity (Wildman–Crippen MR) is 261 cm³/mol. The molecule has 2 aliphatic rings. The zero-order chi connectivity index (χ0) is 48.1. The Kier molecular flexibility index (Phi) is 13.2. The topological polar surface area (TPSA) is 155 Å². The lowest BCUT2D eigenvalue weighted by Gasteiger charge is -2.35. The molecule has 1 unspecified atom stereocenters. The molecule has 0 spiro atoms. The molecule has 4 amide bonds. The summed E-state index contributed by atoms with van der Waals surface area (Å²) in [5.41, 5.74) is 8.50. The van der Waals surface area contributed by atoms with Crippen LogP contribution in [0.15, 0.2) is 77.2 Å². The molecule has 1 saturated heterocycles. The highest BCUT2D eigenvalue weighted by Gasteiger charge is 2.42. The molecule has 16 heteroatoms. The standard InChI is InChI=1S/C51H56FN9O4S2/c1-27-30(4)67-50-42(27)43(55-39(25-41(62)59(9)10)46-58-57-31(5)61(46)50)34-17-15-33(16-18-34)37-22-21-36(24-38(37)52)47(63)56-45(51(6,7)8)49(65)60-23-11-12-40(60)48(64)54-28(2)32-13-19-35(20-14-32)44-29(3)53-26-66-44/h13-22,24,26,28,39-40,45H,11-12,23,25H2,1-10H3,(H,54,64)(H,56,63)/t28-,39-,40-,45?/m0/s1. The fraction of sp³-hybridized carbons (Fsp3) is 0.373. The molecule has 0 aliphatic carbocycles. The Bertz CT molecular complexity index is 2910. The highest BCUT2D eigenvalue weighted by molar-refractivity contribution is 7.15. The van der Waals surface area contributed by atoms with E-state index in [0.717, 1.165) is 48.3 Å². The summed E-state index contributed by atoms with van der Waals surface area (Å²) in [5.74, 6) is -0.614. The number of hydrogen-bond acceptors (Lipinski definition) is 10. The van der Waals surface area contributed by atoms with E-state index in [1.54, 1.807) is 58.7 Å². The van der Waals surface area contributed by atoms with Gasteiger partial charge in [-0.15, -0.1) is 32.9 Å². The minimum atomic E-state index is -0.993. The molecule has 0 radical (unpaired) electrons. The van der Waals surface area contributed by atoms with E-state index in [0.29, 0.717) is 47.9 Å². The molecule has 8 rings (SSSR count). The van der Waals surface area contributed by atoms with Crippen LogP contribution >= 0.6 is 22.7 Å². The molecule has 6 aromatic rings. The Morgan fingerprint density at radius 2 is 1.60 bits per heavy atom. The van der Waals surface area contributed by atoms with Gasteiger partial charge < -0.3 is 20.4 Å². The molecule has 0 saturated carbocycles. The average Bonchev–Trinajstić information content (AvgIpc) is 4.09. The number of rotatable bonds is 11. The lowest BCUT2D eigenvalue weighted by atomic mass is 9.85. The number of carbonyl (C=O) groups excluding carboxylic acids is 4. The third-order valence-corrected chi connectivity index (χ3v) is 15.0. The van der Waals surface area contributed by atoms with Crippen LogP contribution in [-0.4, -0.2) is 91.6 Å². The molecular formula is C51H56FN9O4S2. The largest absolute Gasteiger partial charge is 0.349 e. The molecule has 4 atom stereocenters. The second-order valence-corrected chi connectivity index (χ2v) is 20.8. The van der Waals surface area contributed by atoms with Crippen molar-refractivity contribution in [2.45, 2.75) is 98.8 Å². The first-order valence-corrected chi connectivity index (χ1v) is 24.1. The van der Waals surface area contributed by atoms with Crippen molar-refractivity contribution in [2.75, 3.05) is 20.6 Å². The van der Waals surface area contributed by atoms with Crippen molar-refractivity contribution >= 4 is 52.0 Å². The van der Waals surface area contributed by atoms with Crippen LogP contribution in [0, 0.1) is 38.9 Å². The fourth-order valence-corrected chi connectivity index (χ4v) is 10.8. The number of halogens is 1. The minimum Gasteiger partial charge on any atom is -0.349 e. The van der Waals surface area contributed by atoms with Crippen molar-refractivity contribution in [1.29, 1.82) is 0 Å². The third-order valence-electron chi connectivity index (χ3n) is 12.8. The van der Waals surface area contributed by atoms with E-state index >= 15 is 4.39 Å². The fourth-order valence-electron chi connectivity index (χ4n) is 8.80. The summed E-state index contributed by atoms with van der Waals surface area (Å²) in [7, 11) is 3.43. The number of aliphatic imine (C=N–C) groups is 1. The zero-order valence-electron chi connectivity index (χ0n) is 39.5. The van der Waals surface area contributed by atoms with E-state index < -0.39 is 35.3 Å². The SMILES string of the molecule is Cc1ncsc1-c1ccc([C@H](C)NC(=O)[C@@H]2CCCN2C(=O)C(NC(=O)c2ccc(-c3ccc(C4=N[C@@H](CC(=O)N(C)C)c5nnc(C)n5-c5sc(C)c(C)c54)cc3)c(F)c2)C(C)(C)C)cc1. The number of thiazole rings is 1. The summed E-state index contributed by atoms with van der Waals surface area (Å²) in [6.07, 6.45) is 1.25. The van der Waals surface area contributed by atoms with E-state index in [1.165, 1.54) is 6.07 Å². The number of thiophene rings is 1. The first-order valence-electron chi connectivity index (χ1n) is 22.5. The molecule has 0 bridgehead atoms. The molecule has 3 aromatic heterocycles. The van der Waals surface area contributed by atoms with Gasteiger partial charge in [-0.05, 0) is 87.3 Å².